The Labute approximate surface area is 193 Å². The van der Waals surface area contributed by atoms with Gasteiger partial charge in [0.1, 0.15) is 5.60 Å². The molecule has 0 bridgehead atoms. The van der Waals surface area contributed by atoms with Crippen molar-refractivity contribution in [2.75, 3.05) is 18.5 Å². The first kappa shape index (κ1) is 24.3. The van der Waals surface area contributed by atoms with Crippen molar-refractivity contribution in [1.29, 1.82) is 0 Å². The molecule has 1 aliphatic carbocycles. The van der Waals surface area contributed by atoms with E-state index in [2.05, 4.69) is 35.6 Å². The summed E-state index contributed by atoms with van der Waals surface area (Å²) in [4.78, 5) is 15.5. The van der Waals surface area contributed by atoms with Gasteiger partial charge in [-0.05, 0) is 90.1 Å². The van der Waals surface area contributed by atoms with Crippen LogP contribution >= 0.6 is 0 Å². The summed E-state index contributed by atoms with van der Waals surface area (Å²) in [6, 6.07) is 17.1. The van der Waals surface area contributed by atoms with Crippen molar-refractivity contribution >= 4 is 11.8 Å². The highest BCUT2D eigenvalue weighted by molar-refractivity contribution is 5.95. The van der Waals surface area contributed by atoms with Crippen LogP contribution in [0.4, 0.5) is 10.5 Å². The van der Waals surface area contributed by atoms with Crippen molar-refractivity contribution in [3.05, 3.63) is 54.1 Å². The van der Waals surface area contributed by atoms with E-state index in [1.165, 1.54) is 5.56 Å². The van der Waals surface area contributed by atoms with Crippen LogP contribution in [-0.2, 0) is 11.2 Å². The molecule has 0 saturated heterocycles. The van der Waals surface area contributed by atoms with Crippen LogP contribution in [0, 0.1) is 0 Å². The Hall–Kier alpha value is -2.37. The molecule has 1 fully saturated rings. The molecule has 5 nitrogen and oxygen atoms in total. The molecule has 0 atom stereocenters. The zero-order valence-corrected chi connectivity index (χ0v) is 20.1. The molecule has 0 aromatic heterocycles. The zero-order chi connectivity index (χ0) is 23.1. The number of hydrogen-bond donors (Lipinski definition) is 2. The molecule has 1 aliphatic rings. The highest BCUT2D eigenvalue weighted by Gasteiger charge is 2.33. The Morgan fingerprint density at radius 3 is 2.41 bits per heavy atom. The number of nitrogens with two attached hydrogens (primary N) is 1. The standard InChI is InChI=1S/C27H39N3O2/c1-27(2,3)32-26(31)30(23-15-13-22(28)14-16-23)25-19-20(9-8-18-29-4)12-17-24(25)21-10-6-5-7-11-21/h5-7,10-12,17,19,22-23,29H,8-9,13-16,18,28H2,1-4H3. The summed E-state index contributed by atoms with van der Waals surface area (Å²) in [6.07, 6.45) is 5.35. The average Bonchev–Trinajstić information content (AvgIpc) is 2.75. The maximum Gasteiger partial charge on any atom is 0.415 e. The molecule has 2 aromatic carbocycles. The van der Waals surface area contributed by atoms with Crippen LogP contribution in [0.5, 0.6) is 0 Å². The molecule has 1 saturated carbocycles. The zero-order valence-electron chi connectivity index (χ0n) is 20.1. The van der Waals surface area contributed by atoms with Crippen LogP contribution in [-0.4, -0.2) is 37.4 Å². The van der Waals surface area contributed by atoms with Crippen LogP contribution in [0.25, 0.3) is 11.1 Å². The molecule has 0 aliphatic heterocycles. The smallest absolute Gasteiger partial charge is 0.415 e. The van der Waals surface area contributed by atoms with Crippen molar-refractivity contribution in [3.8, 4) is 11.1 Å². The number of ether oxygens (including phenoxy) is 1. The Kier molecular flexibility index (Phi) is 8.32. The number of nitrogens with one attached hydrogen (secondary N) is 1. The third-order valence-electron chi connectivity index (χ3n) is 6.00. The van der Waals surface area contributed by atoms with Crippen LogP contribution in [0.15, 0.2) is 48.5 Å². The number of carbonyl (C=O) groups excluding carboxylic acids is 1. The summed E-state index contributed by atoms with van der Waals surface area (Å²) in [6.45, 7) is 6.73. The first-order valence-electron chi connectivity index (χ1n) is 11.9. The van der Waals surface area contributed by atoms with Crippen LogP contribution in [0.3, 0.4) is 0 Å². The average molecular weight is 438 g/mol. The van der Waals surface area contributed by atoms with Crippen molar-refractivity contribution in [1.82, 2.24) is 5.32 Å². The van der Waals surface area contributed by atoms with E-state index < -0.39 is 5.60 Å². The van der Waals surface area contributed by atoms with Gasteiger partial charge in [-0.3, -0.25) is 4.90 Å². The maximum atomic E-state index is 13.6. The van der Waals surface area contributed by atoms with Crippen molar-refractivity contribution < 1.29 is 9.53 Å². The van der Waals surface area contributed by atoms with Gasteiger partial charge >= 0.3 is 6.09 Å². The Bertz CT molecular complexity index is 868. The molecular formula is C27H39N3O2. The predicted molar refractivity (Wildman–Crippen MR) is 133 cm³/mol. The van der Waals surface area contributed by atoms with E-state index in [9.17, 15) is 4.79 Å². The van der Waals surface area contributed by atoms with Gasteiger partial charge in [0, 0.05) is 17.6 Å². The van der Waals surface area contributed by atoms with E-state index in [0.29, 0.717) is 0 Å². The molecule has 0 radical (unpaired) electrons. The number of hydrogen-bond acceptors (Lipinski definition) is 4. The van der Waals surface area contributed by atoms with Gasteiger partial charge in [0.2, 0.25) is 0 Å². The Balaban J connectivity index is 2.06. The second-order valence-electron chi connectivity index (χ2n) is 9.84. The second kappa shape index (κ2) is 11.0. The van der Waals surface area contributed by atoms with Crippen molar-refractivity contribution in [2.24, 2.45) is 5.73 Å². The number of benzene rings is 2. The normalized spacial score (nSPS) is 18.9. The fraction of sp³-hybridized carbons (Fsp3) is 0.519. The van der Waals surface area contributed by atoms with Crippen LogP contribution in [0.2, 0.25) is 0 Å². The molecule has 3 rings (SSSR count). The third-order valence-corrected chi connectivity index (χ3v) is 6.00. The topological polar surface area (TPSA) is 67.6 Å². The number of aryl methyl sites for hydroxylation is 1. The number of nitrogens with zero attached hydrogens (tertiary/aromatic N) is 1. The Morgan fingerprint density at radius 2 is 1.78 bits per heavy atom. The van der Waals surface area contributed by atoms with Crippen LogP contribution < -0.4 is 16.0 Å². The summed E-state index contributed by atoms with van der Waals surface area (Å²) >= 11 is 0. The van der Waals surface area contributed by atoms with Crippen molar-refractivity contribution in [2.45, 2.75) is 77.0 Å². The molecule has 0 heterocycles. The summed E-state index contributed by atoms with van der Waals surface area (Å²) < 4.78 is 5.91. The monoisotopic (exact) mass is 437 g/mol. The first-order chi connectivity index (χ1) is 15.3. The van der Waals surface area contributed by atoms with Gasteiger partial charge in [-0.2, -0.15) is 0 Å². The lowest BCUT2D eigenvalue weighted by molar-refractivity contribution is 0.0557. The minimum atomic E-state index is -0.558. The van der Waals surface area contributed by atoms with Crippen LogP contribution in [0.1, 0.15) is 58.4 Å². The van der Waals surface area contributed by atoms with E-state index in [0.717, 1.165) is 61.9 Å². The largest absolute Gasteiger partial charge is 0.443 e. The highest BCUT2D eigenvalue weighted by Crippen LogP contribution is 2.37. The molecule has 5 heteroatoms. The van der Waals surface area contributed by atoms with E-state index in [1.54, 1.807) is 0 Å². The van der Waals surface area contributed by atoms with Gasteiger partial charge in [0.25, 0.3) is 0 Å². The first-order valence-corrected chi connectivity index (χ1v) is 11.9. The number of amides is 1. The van der Waals surface area contributed by atoms with E-state index >= 15 is 0 Å². The number of anilines is 1. The quantitative estimate of drug-likeness (QED) is 0.560. The molecule has 1 amide bonds. The lowest BCUT2D eigenvalue weighted by Crippen LogP contribution is -2.46. The fourth-order valence-corrected chi connectivity index (χ4v) is 4.38. The molecule has 32 heavy (non-hydrogen) atoms. The third kappa shape index (κ3) is 6.57. The SMILES string of the molecule is CNCCCc1ccc(-c2ccccc2)c(N(C(=O)OC(C)(C)C)C2CCC(N)CC2)c1. The molecule has 3 N–H and O–H groups in total. The summed E-state index contributed by atoms with van der Waals surface area (Å²) in [5.74, 6) is 0. The molecule has 174 valence electrons. The number of carbonyl (C=O) groups is 1. The summed E-state index contributed by atoms with van der Waals surface area (Å²) in [5, 5.41) is 3.22. The molecular weight excluding hydrogens is 398 g/mol. The maximum absolute atomic E-state index is 13.6. The van der Waals surface area contributed by atoms with E-state index in [1.807, 2.05) is 50.9 Å². The number of rotatable bonds is 7. The van der Waals surface area contributed by atoms with E-state index in [4.69, 9.17) is 10.5 Å². The van der Waals surface area contributed by atoms with Gasteiger partial charge in [-0.15, -0.1) is 0 Å². The minimum absolute atomic E-state index is 0.0830. The molecule has 2 aromatic rings. The van der Waals surface area contributed by atoms with Gasteiger partial charge in [0.05, 0.1) is 5.69 Å². The second-order valence-corrected chi connectivity index (χ2v) is 9.84. The molecule has 0 unspecified atom stereocenters. The lowest BCUT2D eigenvalue weighted by atomic mass is 9.89. The predicted octanol–water partition coefficient (Wildman–Crippen LogP) is 5.52. The van der Waals surface area contributed by atoms with Crippen molar-refractivity contribution in [3.63, 3.8) is 0 Å². The van der Waals surface area contributed by atoms with Gasteiger partial charge in [-0.1, -0.05) is 42.5 Å². The van der Waals surface area contributed by atoms with Gasteiger partial charge in [0.15, 0.2) is 0 Å². The fourth-order valence-electron chi connectivity index (χ4n) is 4.38. The summed E-state index contributed by atoms with van der Waals surface area (Å²) in [7, 11) is 1.97. The minimum Gasteiger partial charge on any atom is -0.443 e. The van der Waals surface area contributed by atoms with Gasteiger partial charge < -0.3 is 15.8 Å². The van der Waals surface area contributed by atoms with Gasteiger partial charge in [-0.25, -0.2) is 4.79 Å². The Morgan fingerprint density at radius 1 is 1.09 bits per heavy atom. The lowest BCUT2D eigenvalue weighted by Gasteiger charge is -2.38. The summed E-state index contributed by atoms with van der Waals surface area (Å²) in [5.41, 5.74) is 9.96. The molecule has 0 spiro atoms. The highest BCUT2D eigenvalue weighted by atomic mass is 16.6. The van der Waals surface area contributed by atoms with E-state index in [-0.39, 0.29) is 18.2 Å².